The third-order valence-corrected chi connectivity index (χ3v) is 8.43. The maximum absolute atomic E-state index is 13.4. The maximum atomic E-state index is 13.4. The molecule has 7 rings (SSSR count). The molecule has 2 N–H and O–H groups in total. The van der Waals surface area contributed by atoms with Crippen LogP contribution >= 0.6 is 0 Å². The van der Waals surface area contributed by atoms with Crippen molar-refractivity contribution in [1.82, 2.24) is 14.9 Å². The molecule has 41 heavy (non-hydrogen) atoms. The molecule has 1 fully saturated rings. The van der Waals surface area contributed by atoms with Crippen molar-refractivity contribution < 1.29 is 19.4 Å². The van der Waals surface area contributed by atoms with Gasteiger partial charge < -0.3 is 24.5 Å². The lowest BCUT2D eigenvalue weighted by molar-refractivity contribution is -0.141. The van der Waals surface area contributed by atoms with Gasteiger partial charge in [0.05, 0.1) is 36.4 Å². The van der Waals surface area contributed by atoms with E-state index in [0.29, 0.717) is 54.6 Å². The summed E-state index contributed by atoms with van der Waals surface area (Å²) in [5.41, 5.74) is 4.19. The summed E-state index contributed by atoms with van der Waals surface area (Å²) in [4.78, 5) is 36.1. The molecule has 1 aromatic heterocycles. The number of hydrogen-bond donors (Lipinski definition) is 2. The lowest BCUT2D eigenvalue weighted by Crippen LogP contribution is -2.42. The van der Waals surface area contributed by atoms with Crippen LogP contribution in [0.2, 0.25) is 0 Å². The Hall–Kier alpha value is -4.43. The summed E-state index contributed by atoms with van der Waals surface area (Å²) in [6.07, 6.45) is 1.83. The number of nitrogens with one attached hydrogen (secondary N) is 1. The first-order valence-electron chi connectivity index (χ1n) is 14.2. The summed E-state index contributed by atoms with van der Waals surface area (Å²) < 4.78 is 11.6. The van der Waals surface area contributed by atoms with Gasteiger partial charge in [0, 0.05) is 19.4 Å². The molecule has 3 heterocycles. The predicted molar refractivity (Wildman–Crippen MR) is 153 cm³/mol. The number of carbonyl (C=O) groups is 1. The Morgan fingerprint density at radius 2 is 1.73 bits per heavy atom. The number of hydrogen-bond acceptors (Lipinski definition) is 6. The zero-order valence-corrected chi connectivity index (χ0v) is 22.6. The molecule has 0 radical (unpaired) electrons. The van der Waals surface area contributed by atoms with Gasteiger partial charge in [-0.2, -0.15) is 0 Å². The van der Waals surface area contributed by atoms with Crippen LogP contribution in [0.3, 0.4) is 0 Å². The summed E-state index contributed by atoms with van der Waals surface area (Å²) in [6, 6.07) is 23.2. The number of fused-ring (bicyclic) bond motifs is 2. The average Bonchev–Trinajstić information content (AvgIpc) is 3.86. The minimum Gasteiger partial charge on any atom is -0.490 e. The second-order valence-electron chi connectivity index (χ2n) is 11.0. The Morgan fingerprint density at radius 1 is 0.951 bits per heavy atom. The molecular formula is C33H31N3O5. The van der Waals surface area contributed by atoms with Crippen molar-refractivity contribution in [3.8, 4) is 22.6 Å². The average molecular weight is 550 g/mol. The van der Waals surface area contributed by atoms with Gasteiger partial charge in [-0.3, -0.25) is 9.59 Å². The Labute approximate surface area is 237 Å². The van der Waals surface area contributed by atoms with Crippen LogP contribution in [0.1, 0.15) is 53.6 Å². The smallest absolute Gasteiger partial charge is 0.256 e. The number of aliphatic hydroxyl groups is 1. The summed E-state index contributed by atoms with van der Waals surface area (Å²) in [5, 5.41) is 11.1. The largest absolute Gasteiger partial charge is 0.490 e. The van der Waals surface area contributed by atoms with Crippen molar-refractivity contribution in [2.45, 2.75) is 43.7 Å². The van der Waals surface area contributed by atoms with Gasteiger partial charge >= 0.3 is 0 Å². The van der Waals surface area contributed by atoms with Gasteiger partial charge in [0.15, 0.2) is 17.6 Å². The molecular weight excluding hydrogens is 518 g/mol. The first kappa shape index (κ1) is 25.5. The van der Waals surface area contributed by atoms with E-state index in [2.05, 4.69) is 17.1 Å². The van der Waals surface area contributed by atoms with Gasteiger partial charge in [-0.1, -0.05) is 54.6 Å². The molecule has 3 aromatic carbocycles. The second-order valence-corrected chi connectivity index (χ2v) is 11.0. The lowest BCUT2D eigenvalue weighted by Gasteiger charge is -2.30. The highest BCUT2D eigenvalue weighted by Gasteiger charge is 2.48. The van der Waals surface area contributed by atoms with Crippen LogP contribution in [0.25, 0.3) is 11.1 Å². The quantitative estimate of drug-likeness (QED) is 0.385. The van der Waals surface area contributed by atoms with E-state index in [9.17, 15) is 14.7 Å². The fraction of sp³-hybridized carbons (Fsp3) is 0.303. The van der Waals surface area contributed by atoms with E-state index in [1.54, 1.807) is 11.0 Å². The highest BCUT2D eigenvalue weighted by Crippen LogP contribution is 2.52. The standard InChI is InChI=1S/C33H31N3O5/c37-29(23-7-4-6-21(18-23)22-10-11-27-28(19-22)41-17-5-16-40-27)31(39)36-15-12-26-25(20-36)30(38)35-32(34-26)33(13-14-33)24-8-2-1-3-9-24/h1-4,6-11,18-19,29,37H,5,12-17,20H2,(H,34,35,38)/t29-/m1/s1. The predicted octanol–water partition coefficient (Wildman–Crippen LogP) is 4.30. The van der Waals surface area contributed by atoms with E-state index >= 15 is 0 Å². The number of aromatic nitrogens is 2. The SMILES string of the molecule is O=C([C@H](O)c1cccc(-c2ccc3c(c2)OCCCO3)c1)N1CCc2nc(C3(c4ccccc4)CC3)[nH]c(=O)c2C1. The number of aromatic amines is 1. The second kappa shape index (κ2) is 10.2. The van der Waals surface area contributed by atoms with E-state index < -0.39 is 12.0 Å². The van der Waals surface area contributed by atoms with Gasteiger partial charge in [0.25, 0.3) is 11.5 Å². The number of benzene rings is 3. The van der Waals surface area contributed by atoms with E-state index in [1.807, 2.05) is 54.6 Å². The normalized spacial score (nSPS) is 17.7. The van der Waals surface area contributed by atoms with Crippen LogP contribution in [-0.2, 0) is 23.2 Å². The molecule has 0 bridgehead atoms. The van der Waals surface area contributed by atoms with Crippen molar-refractivity contribution in [3.63, 3.8) is 0 Å². The highest BCUT2D eigenvalue weighted by molar-refractivity contribution is 5.83. The molecule has 0 spiro atoms. The molecule has 3 aliphatic rings. The Morgan fingerprint density at radius 3 is 2.54 bits per heavy atom. The van der Waals surface area contributed by atoms with Crippen molar-refractivity contribution in [3.05, 3.63) is 111 Å². The fourth-order valence-corrected chi connectivity index (χ4v) is 5.93. The molecule has 1 amide bonds. The van der Waals surface area contributed by atoms with E-state index in [0.717, 1.165) is 41.6 Å². The molecule has 1 atom stereocenters. The highest BCUT2D eigenvalue weighted by atomic mass is 16.5. The molecule has 1 saturated carbocycles. The first-order chi connectivity index (χ1) is 20.0. The number of ether oxygens (including phenoxy) is 2. The van der Waals surface area contributed by atoms with Crippen LogP contribution < -0.4 is 15.0 Å². The monoisotopic (exact) mass is 549 g/mol. The van der Waals surface area contributed by atoms with Gasteiger partial charge in [-0.25, -0.2) is 4.98 Å². The van der Waals surface area contributed by atoms with Gasteiger partial charge in [-0.15, -0.1) is 0 Å². The van der Waals surface area contributed by atoms with Crippen molar-refractivity contribution in [1.29, 1.82) is 0 Å². The number of aliphatic hydroxyl groups excluding tert-OH is 1. The number of nitrogens with zero attached hydrogens (tertiary/aromatic N) is 2. The maximum Gasteiger partial charge on any atom is 0.256 e. The van der Waals surface area contributed by atoms with Crippen LogP contribution in [0.4, 0.5) is 0 Å². The fourth-order valence-electron chi connectivity index (χ4n) is 5.93. The summed E-state index contributed by atoms with van der Waals surface area (Å²) in [7, 11) is 0. The zero-order chi connectivity index (χ0) is 28.0. The van der Waals surface area contributed by atoms with Crippen molar-refractivity contribution in [2.24, 2.45) is 0 Å². The van der Waals surface area contributed by atoms with E-state index in [-0.39, 0.29) is 17.5 Å². The molecule has 4 aromatic rings. The molecule has 8 nitrogen and oxygen atoms in total. The van der Waals surface area contributed by atoms with E-state index in [4.69, 9.17) is 14.5 Å². The van der Waals surface area contributed by atoms with Gasteiger partial charge in [0.2, 0.25) is 0 Å². The molecule has 0 saturated heterocycles. The summed E-state index contributed by atoms with van der Waals surface area (Å²) in [6.45, 7) is 1.72. The Kier molecular flexibility index (Phi) is 6.35. The minimum absolute atomic E-state index is 0.119. The van der Waals surface area contributed by atoms with Crippen LogP contribution in [0.15, 0.2) is 77.6 Å². The number of rotatable bonds is 5. The minimum atomic E-state index is -1.35. The van der Waals surface area contributed by atoms with Crippen molar-refractivity contribution in [2.75, 3.05) is 19.8 Å². The molecule has 208 valence electrons. The molecule has 8 heteroatoms. The molecule has 2 aliphatic heterocycles. The zero-order valence-electron chi connectivity index (χ0n) is 22.6. The number of H-pyrrole nitrogens is 1. The van der Waals surface area contributed by atoms with Gasteiger partial charge in [0.1, 0.15) is 5.82 Å². The lowest BCUT2D eigenvalue weighted by atomic mass is 9.94. The number of amides is 1. The van der Waals surface area contributed by atoms with Gasteiger partial charge in [-0.05, 0) is 53.3 Å². The van der Waals surface area contributed by atoms with Crippen LogP contribution in [-0.4, -0.2) is 45.6 Å². The third kappa shape index (κ3) is 4.68. The Balaban J connectivity index is 1.10. The molecule has 0 unspecified atom stereocenters. The summed E-state index contributed by atoms with van der Waals surface area (Å²) >= 11 is 0. The Bertz CT molecular complexity index is 1680. The van der Waals surface area contributed by atoms with Crippen molar-refractivity contribution >= 4 is 5.91 Å². The van der Waals surface area contributed by atoms with E-state index in [1.165, 1.54) is 0 Å². The third-order valence-electron chi connectivity index (χ3n) is 8.43. The first-order valence-corrected chi connectivity index (χ1v) is 14.2. The summed E-state index contributed by atoms with van der Waals surface area (Å²) in [5.74, 6) is 1.68. The van der Waals surface area contributed by atoms with Crippen LogP contribution in [0.5, 0.6) is 11.5 Å². The van der Waals surface area contributed by atoms with Crippen LogP contribution in [0, 0.1) is 0 Å². The number of carbonyl (C=O) groups excluding carboxylic acids is 1. The molecule has 1 aliphatic carbocycles. The topological polar surface area (TPSA) is 105 Å².